The Bertz CT molecular complexity index is 627. The van der Waals surface area contributed by atoms with Gasteiger partial charge in [0.15, 0.2) is 0 Å². The van der Waals surface area contributed by atoms with Gasteiger partial charge in [0.25, 0.3) is 0 Å². The molecular formula is C19H24N2. The highest BCUT2D eigenvalue weighted by Crippen LogP contribution is 2.40. The summed E-state index contributed by atoms with van der Waals surface area (Å²) in [5, 5.41) is 3.56. The fourth-order valence-corrected chi connectivity index (χ4v) is 2.70. The fourth-order valence-electron chi connectivity index (χ4n) is 2.70. The SMILES string of the molecule is Cc1cc(N(C)C)ccc1NCc1cccc(C2CC2)c1. The van der Waals surface area contributed by atoms with Crippen LogP contribution < -0.4 is 10.2 Å². The molecule has 1 saturated carbocycles. The van der Waals surface area contributed by atoms with Crippen LogP contribution in [0.3, 0.4) is 0 Å². The van der Waals surface area contributed by atoms with Gasteiger partial charge in [-0.15, -0.1) is 0 Å². The van der Waals surface area contributed by atoms with Crippen molar-refractivity contribution in [2.24, 2.45) is 0 Å². The molecule has 3 rings (SSSR count). The van der Waals surface area contributed by atoms with Gasteiger partial charge in [0.05, 0.1) is 0 Å². The normalized spacial score (nSPS) is 14.0. The first-order valence-corrected chi connectivity index (χ1v) is 7.74. The number of rotatable bonds is 5. The minimum absolute atomic E-state index is 0.825. The summed E-state index contributed by atoms with van der Waals surface area (Å²) in [4.78, 5) is 2.13. The lowest BCUT2D eigenvalue weighted by molar-refractivity contribution is 1.08. The van der Waals surface area contributed by atoms with Crippen LogP contribution >= 0.6 is 0 Å². The van der Waals surface area contributed by atoms with Gasteiger partial charge >= 0.3 is 0 Å². The Morgan fingerprint density at radius 3 is 2.57 bits per heavy atom. The van der Waals surface area contributed by atoms with Crippen molar-refractivity contribution in [1.82, 2.24) is 0 Å². The van der Waals surface area contributed by atoms with Crippen LogP contribution in [0.25, 0.3) is 0 Å². The molecule has 0 heterocycles. The minimum Gasteiger partial charge on any atom is -0.381 e. The number of anilines is 2. The summed E-state index contributed by atoms with van der Waals surface area (Å²) in [6, 6.07) is 15.6. The number of hydrogen-bond acceptors (Lipinski definition) is 2. The van der Waals surface area contributed by atoms with Crippen molar-refractivity contribution < 1.29 is 0 Å². The molecule has 0 amide bonds. The van der Waals surface area contributed by atoms with Crippen LogP contribution in [0.5, 0.6) is 0 Å². The average molecular weight is 280 g/mol. The number of nitrogens with zero attached hydrogens (tertiary/aromatic N) is 1. The Morgan fingerprint density at radius 1 is 1.10 bits per heavy atom. The van der Waals surface area contributed by atoms with E-state index in [1.54, 1.807) is 0 Å². The van der Waals surface area contributed by atoms with Crippen LogP contribution in [0.2, 0.25) is 0 Å². The van der Waals surface area contributed by atoms with E-state index in [0.29, 0.717) is 0 Å². The Kier molecular flexibility index (Phi) is 3.87. The molecule has 0 atom stereocenters. The van der Waals surface area contributed by atoms with Gasteiger partial charge in [0, 0.05) is 32.0 Å². The van der Waals surface area contributed by atoms with E-state index < -0.39 is 0 Å². The third kappa shape index (κ3) is 3.38. The quantitative estimate of drug-likeness (QED) is 0.864. The first-order valence-electron chi connectivity index (χ1n) is 7.74. The Morgan fingerprint density at radius 2 is 1.90 bits per heavy atom. The molecule has 0 saturated heterocycles. The molecule has 0 aliphatic heterocycles. The summed E-state index contributed by atoms with van der Waals surface area (Å²) in [6.07, 6.45) is 2.73. The van der Waals surface area contributed by atoms with Gasteiger partial charge in [0.2, 0.25) is 0 Å². The number of benzene rings is 2. The molecule has 0 radical (unpaired) electrons. The first kappa shape index (κ1) is 14.0. The van der Waals surface area contributed by atoms with Crippen molar-refractivity contribution >= 4 is 11.4 Å². The van der Waals surface area contributed by atoms with Crippen molar-refractivity contribution in [1.29, 1.82) is 0 Å². The topological polar surface area (TPSA) is 15.3 Å². The van der Waals surface area contributed by atoms with Crippen LogP contribution in [-0.2, 0) is 6.54 Å². The van der Waals surface area contributed by atoms with Gasteiger partial charge in [-0.1, -0.05) is 24.3 Å². The van der Waals surface area contributed by atoms with Crippen LogP contribution in [-0.4, -0.2) is 14.1 Å². The molecule has 2 aromatic rings. The van der Waals surface area contributed by atoms with E-state index in [1.165, 1.54) is 40.9 Å². The highest BCUT2D eigenvalue weighted by Gasteiger charge is 2.23. The predicted molar refractivity (Wildman–Crippen MR) is 91.2 cm³/mol. The van der Waals surface area contributed by atoms with Crippen LogP contribution in [0.1, 0.15) is 35.4 Å². The lowest BCUT2D eigenvalue weighted by atomic mass is 10.1. The molecule has 0 unspecified atom stereocenters. The second kappa shape index (κ2) is 5.80. The average Bonchev–Trinajstić information content (AvgIpc) is 3.31. The molecule has 1 aliphatic carbocycles. The maximum atomic E-state index is 3.56. The zero-order valence-electron chi connectivity index (χ0n) is 13.2. The van der Waals surface area contributed by atoms with Crippen molar-refractivity contribution in [2.75, 3.05) is 24.3 Å². The summed E-state index contributed by atoms with van der Waals surface area (Å²) >= 11 is 0. The van der Waals surface area contributed by atoms with Gasteiger partial charge < -0.3 is 10.2 Å². The molecule has 0 aromatic heterocycles. The molecule has 0 bridgehead atoms. The van der Waals surface area contributed by atoms with E-state index >= 15 is 0 Å². The molecule has 2 nitrogen and oxygen atoms in total. The van der Waals surface area contributed by atoms with Gasteiger partial charge in [-0.3, -0.25) is 0 Å². The monoisotopic (exact) mass is 280 g/mol. The molecule has 21 heavy (non-hydrogen) atoms. The standard InChI is InChI=1S/C19H24N2/c1-14-11-18(21(2)3)9-10-19(14)20-13-15-5-4-6-17(12-15)16-7-8-16/h4-6,9-12,16,20H,7-8,13H2,1-3H3. The second-order valence-corrected chi connectivity index (χ2v) is 6.27. The van der Waals surface area contributed by atoms with Crippen LogP contribution in [0, 0.1) is 6.92 Å². The third-order valence-corrected chi connectivity index (χ3v) is 4.21. The van der Waals surface area contributed by atoms with Crippen molar-refractivity contribution in [3.63, 3.8) is 0 Å². The maximum Gasteiger partial charge on any atom is 0.0400 e. The first-order chi connectivity index (χ1) is 10.1. The van der Waals surface area contributed by atoms with E-state index in [4.69, 9.17) is 0 Å². The van der Waals surface area contributed by atoms with E-state index in [2.05, 4.69) is 73.7 Å². The minimum atomic E-state index is 0.825. The molecule has 110 valence electrons. The highest BCUT2D eigenvalue weighted by atomic mass is 15.1. The van der Waals surface area contributed by atoms with Crippen molar-refractivity contribution in [3.05, 3.63) is 59.2 Å². The number of nitrogens with one attached hydrogen (secondary N) is 1. The molecular weight excluding hydrogens is 256 g/mol. The van der Waals surface area contributed by atoms with E-state index in [1.807, 2.05) is 0 Å². The summed E-state index contributed by atoms with van der Waals surface area (Å²) in [6.45, 7) is 3.05. The molecule has 1 N–H and O–H groups in total. The maximum absolute atomic E-state index is 3.56. The lowest BCUT2D eigenvalue weighted by Crippen LogP contribution is -2.09. The molecule has 0 spiro atoms. The van der Waals surface area contributed by atoms with Gasteiger partial charge in [0.1, 0.15) is 0 Å². The fraction of sp³-hybridized carbons (Fsp3) is 0.368. The smallest absolute Gasteiger partial charge is 0.0400 e. The summed E-state index contributed by atoms with van der Waals surface area (Å²) in [5.41, 5.74) is 6.63. The number of hydrogen-bond donors (Lipinski definition) is 1. The van der Waals surface area contributed by atoms with Gasteiger partial charge in [-0.05, 0) is 60.6 Å². The highest BCUT2D eigenvalue weighted by molar-refractivity contribution is 5.59. The zero-order valence-corrected chi connectivity index (χ0v) is 13.2. The van der Waals surface area contributed by atoms with Crippen molar-refractivity contribution in [3.8, 4) is 0 Å². The molecule has 1 aliphatic rings. The van der Waals surface area contributed by atoms with E-state index in [9.17, 15) is 0 Å². The predicted octanol–water partition coefficient (Wildman–Crippen LogP) is 4.55. The van der Waals surface area contributed by atoms with E-state index in [0.717, 1.165) is 12.5 Å². The third-order valence-electron chi connectivity index (χ3n) is 4.21. The molecule has 2 aromatic carbocycles. The Balaban J connectivity index is 1.68. The largest absolute Gasteiger partial charge is 0.381 e. The Labute approximate surface area is 127 Å². The van der Waals surface area contributed by atoms with Gasteiger partial charge in [-0.2, -0.15) is 0 Å². The Hall–Kier alpha value is -1.96. The summed E-state index contributed by atoms with van der Waals surface area (Å²) in [7, 11) is 4.15. The zero-order chi connectivity index (χ0) is 14.8. The second-order valence-electron chi connectivity index (χ2n) is 6.27. The lowest BCUT2D eigenvalue weighted by Gasteiger charge is -2.16. The van der Waals surface area contributed by atoms with Gasteiger partial charge in [-0.25, -0.2) is 0 Å². The van der Waals surface area contributed by atoms with Crippen molar-refractivity contribution in [2.45, 2.75) is 32.2 Å². The number of aryl methyl sites for hydroxylation is 1. The summed E-state index contributed by atoms with van der Waals surface area (Å²) in [5.74, 6) is 0.825. The molecule has 1 fully saturated rings. The summed E-state index contributed by atoms with van der Waals surface area (Å²) < 4.78 is 0. The van der Waals surface area contributed by atoms with E-state index in [-0.39, 0.29) is 0 Å². The van der Waals surface area contributed by atoms with Crippen LogP contribution in [0.4, 0.5) is 11.4 Å². The van der Waals surface area contributed by atoms with Crippen LogP contribution in [0.15, 0.2) is 42.5 Å². The molecule has 2 heteroatoms.